The fourth-order valence-electron chi connectivity index (χ4n) is 2.74. The van der Waals surface area contributed by atoms with Gasteiger partial charge in [-0.3, -0.25) is 9.67 Å². The standard InChI is InChI=1S/C15H20N4/c1-2-19-15(8-11-17-19)14-5-3-4-13(18-14)12-6-9-16-10-7-12/h3-5,8,11-12,16H,2,6-7,9-10H2,1H3. The number of nitrogens with zero attached hydrogens (tertiary/aromatic N) is 3. The first-order valence-electron chi connectivity index (χ1n) is 7.08. The van der Waals surface area contributed by atoms with Crippen LogP contribution in [0.3, 0.4) is 0 Å². The van der Waals surface area contributed by atoms with Gasteiger partial charge in [-0.2, -0.15) is 5.10 Å². The molecule has 0 bridgehead atoms. The van der Waals surface area contributed by atoms with Crippen LogP contribution in [0.15, 0.2) is 30.5 Å². The van der Waals surface area contributed by atoms with Crippen molar-refractivity contribution in [2.45, 2.75) is 32.2 Å². The molecule has 4 heteroatoms. The summed E-state index contributed by atoms with van der Waals surface area (Å²) in [6.07, 6.45) is 4.21. The number of piperidine rings is 1. The predicted octanol–water partition coefficient (Wildman–Crippen LogP) is 2.43. The first-order chi connectivity index (χ1) is 9.38. The number of rotatable bonds is 3. The van der Waals surface area contributed by atoms with Crippen LogP contribution in [0.2, 0.25) is 0 Å². The molecule has 3 heterocycles. The van der Waals surface area contributed by atoms with E-state index in [-0.39, 0.29) is 0 Å². The number of nitrogens with one attached hydrogen (secondary N) is 1. The summed E-state index contributed by atoms with van der Waals surface area (Å²) >= 11 is 0. The van der Waals surface area contributed by atoms with Gasteiger partial charge < -0.3 is 5.32 Å². The van der Waals surface area contributed by atoms with Crippen LogP contribution >= 0.6 is 0 Å². The van der Waals surface area contributed by atoms with Gasteiger partial charge in [0.15, 0.2) is 0 Å². The molecule has 0 aliphatic carbocycles. The van der Waals surface area contributed by atoms with Gasteiger partial charge in [-0.1, -0.05) is 6.07 Å². The number of hydrogen-bond acceptors (Lipinski definition) is 3. The molecule has 19 heavy (non-hydrogen) atoms. The van der Waals surface area contributed by atoms with Crippen molar-refractivity contribution < 1.29 is 0 Å². The zero-order valence-electron chi connectivity index (χ0n) is 11.3. The lowest BCUT2D eigenvalue weighted by Crippen LogP contribution is -2.27. The molecule has 1 aliphatic rings. The average Bonchev–Trinajstić information content (AvgIpc) is 2.97. The molecule has 4 nitrogen and oxygen atoms in total. The van der Waals surface area contributed by atoms with Crippen molar-refractivity contribution in [3.05, 3.63) is 36.2 Å². The van der Waals surface area contributed by atoms with Crippen LogP contribution in [-0.4, -0.2) is 27.9 Å². The zero-order valence-corrected chi connectivity index (χ0v) is 11.3. The van der Waals surface area contributed by atoms with Gasteiger partial charge in [-0.05, 0) is 51.1 Å². The monoisotopic (exact) mass is 256 g/mol. The molecular formula is C15H20N4. The van der Waals surface area contributed by atoms with Crippen molar-refractivity contribution in [3.63, 3.8) is 0 Å². The Morgan fingerprint density at radius 1 is 1.26 bits per heavy atom. The van der Waals surface area contributed by atoms with Crippen molar-refractivity contribution in [3.8, 4) is 11.4 Å². The Kier molecular flexibility index (Phi) is 3.60. The molecule has 2 aromatic rings. The van der Waals surface area contributed by atoms with Crippen LogP contribution in [-0.2, 0) is 6.54 Å². The fraction of sp³-hybridized carbons (Fsp3) is 0.467. The quantitative estimate of drug-likeness (QED) is 0.917. The summed E-state index contributed by atoms with van der Waals surface area (Å²) < 4.78 is 1.99. The van der Waals surface area contributed by atoms with Gasteiger partial charge in [0.2, 0.25) is 0 Å². The number of aryl methyl sites for hydroxylation is 1. The van der Waals surface area contributed by atoms with E-state index in [1.165, 1.54) is 18.5 Å². The number of pyridine rings is 1. The maximum atomic E-state index is 4.86. The summed E-state index contributed by atoms with van der Waals surface area (Å²) in [5.74, 6) is 0.596. The first kappa shape index (κ1) is 12.4. The van der Waals surface area contributed by atoms with Crippen molar-refractivity contribution >= 4 is 0 Å². The van der Waals surface area contributed by atoms with Gasteiger partial charge in [0.25, 0.3) is 0 Å². The molecule has 1 aliphatic heterocycles. The molecule has 0 spiro atoms. The highest BCUT2D eigenvalue weighted by Gasteiger charge is 2.17. The molecule has 0 unspecified atom stereocenters. The Bertz CT molecular complexity index is 541. The summed E-state index contributed by atoms with van der Waals surface area (Å²) in [6, 6.07) is 8.39. The minimum absolute atomic E-state index is 0.596. The second-order valence-corrected chi connectivity index (χ2v) is 5.00. The van der Waals surface area contributed by atoms with Gasteiger partial charge >= 0.3 is 0 Å². The predicted molar refractivity (Wildman–Crippen MR) is 76.0 cm³/mol. The van der Waals surface area contributed by atoms with Gasteiger partial charge in [0.05, 0.1) is 11.4 Å². The molecule has 3 rings (SSSR count). The third kappa shape index (κ3) is 2.54. The largest absolute Gasteiger partial charge is 0.317 e. The van der Waals surface area contributed by atoms with E-state index in [9.17, 15) is 0 Å². The van der Waals surface area contributed by atoms with E-state index in [4.69, 9.17) is 4.98 Å². The van der Waals surface area contributed by atoms with E-state index in [1.54, 1.807) is 0 Å². The maximum Gasteiger partial charge on any atom is 0.0886 e. The summed E-state index contributed by atoms with van der Waals surface area (Å²) in [4.78, 5) is 4.86. The Labute approximate surface area is 113 Å². The van der Waals surface area contributed by atoms with Gasteiger partial charge in [-0.15, -0.1) is 0 Å². The van der Waals surface area contributed by atoms with Gasteiger partial charge in [-0.25, -0.2) is 0 Å². The highest BCUT2D eigenvalue weighted by molar-refractivity contribution is 5.54. The number of aromatic nitrogens is 3. The number of hydrogen-bond donors (Lipinski definition) is 1. The van der Waals surface area contributed by atoms with E-state index in [0.29, 0.717) is 5.92 Å². The third-order valence-corrected chi connectivity index (χ3v) is 3.81. The van der Waals surface area contributed by atoms with Crippen LogP contribution in [0, 0.1) is 0 Å². The Morgan fingerprint density at radius 2 is 2.11 bits per heavy atom. The Hall–Kier alpha value is -1.68. The minimum Gasteiger partial charge on any atom is -0.317 e. The molecule has 2 aromatic heterocycles. The molecular weight excluding hydrogens is 236 g/mol. The summed E-state index contributed by atoms with van der Waals surface area (Å²) in [7, 11) is 0. The first-order valence-corrected chi connectivity index (χ1v) is 7.08. The smallest absolute Gasteiger partial charge is 0.0886 e. The highest BCUT2D eigenvalue weighted by Crippen LogP contribution is 2.26. The van der Waals surface area contributed by atoms with Gasteiger partial charge in [0.1, 0.15) is 0 Å². The van der Waals surface area contributed by atoms with Crippen LogP contribution in [0.25, 0.3) is 11.4 Å². The van der Waals surface area contributed by atoms with Crippen molar-refractivity contribution in [2.75, 3.05) is 13.1 Å². The topological polar surface area (TPSA) is 42.7 Å². The normalized spacial score (nSPS) is 16.7. The van der Waals surface area contributed by atoms with E-state index in [1.807, 2.05) is 16.9 Å². The van der Waals surface area contributed by atoms with E-state index in [2.05, 4.69) is 35.5 Å². The van der Waals surface area contributed by atoms with Crippen molar-refractivity contribution in [1.29, 1.82) is 0 Å². The average molecular weight is 256 g/mol. The maximum absolute atomic E-state index is 4.86. The molecule has 0 atom stereocenters. The van der Waals surface area contributed by atoms with E-state index in [0.717, 1.165) is 31.0 Å². The van der Waals surface area contributed by atoms with Gasteiger partial charge in [0, 0.05) is 24.4 Å². The molecule has 100 valence electrons. The summed E-state index contributed by atoms with van der Waals surface area (Å²) in [5, 5.41) is 7.72. The molecule has 0 radical (unpaired) electrons. The highest BCUT2D eigenvalue weighted by atomic mass is 15.3. The van der Waals surface area contributed by atoms with Crippen molar-refractivity contribution in [1.82, 2.24) is 20.1 Å². The molecule has 1 saturated heterocycles. The van der Waals surface area contributed by atoms with Crippen LogP contribution in [0.1, 0.15) is 31.4 Å². The Morgan fingerprint density at radius 3 is 2.89 bits per heavy atom. The third-order valence-electron chi connectivity index (χ3n) is 3.81. The lowest BCUT2D eigenvalue weighted by atomic mass is 9.94. The second kappa shape index (κ2) is 5.53. The zero-order chi connectivity index (χ0) is 13.1. The molecule has 0 aromatic carbocycles. The van der Waals surface area contributed by atoms with Crippen molar-refractivity contribution in [2.24, 2.45) is 0 Å². The molecule has 0 saturated carbocycles. The molecule has 1 N–H and O–H groups in total. The van der Waals surface area contributed by atoms with E-state index >= 15 is 0 Å². The van der Waals surface area contributed by atoms with Crippen LogP contribution < -0.4 is 5.32 Å². The second-order valence-electron chi connectivity index (χ2n) is 5.00. The van der Waals surface area contributed by atoms with E-state index < -0.39 is 0 Å². The SMILES string of the molecule is CCn1nccc1-c1cccc(C2CCNCC2)n1. The Balaban J connectivity index is 1.91. The lowest BCUT2D eigenvalue weighted by molar-refractivity contribution is 0.453. The summed E-state index contributed by atoms with van der Waals surface area (Å²) in [5.41, 5.74) is 3.37. The minimum atomic E-state index is 0.596. The lowest BCUT2D eigenvalue weighted by Gasteiger charge is -2.22. The van der Waals surface area contributed by atoms with Crippen LogP contribution in [0.5, 0.6) is 0 Å². The molecule has 0 amide bonds. The summed E-state index contributed by atoms with van der Waals surface area (Å²) in [6.45, 7) is 5.18. The van der Waals surface area contributed by atoms with Crippen LogP contribution in [0.4, 0.5) is 0 Å². The fourth-order valence-corrected chi connectivity index (χ4v) is 2.74. The molecule has 1 fully saturated rings.